The van der Waals surface area contributed by atoms with Crippen LogP contribution in [0.3, 0.4) is 0 Å². The summed E-state index contributed by atoms with van der Waals surface area (Å²) in [6, 6.07) is 17.4. The Bertz CT molecular complexity index is 2030. The molecule has 13 heteroatoms. The van der Waals surface area contributed by atoms with E-state index in [1.54, 1.807) is 43.8 Å². The minimum Gasteiger partial charge on any atom is -0.353 e. The number of hydrogen-bond donors (Lipinski definition) is 2. The van der Waals surface area contributed by atoms with Crippen molar-refractivity contribution < 1.29 is 14.0 Å². The average Bonchev–Trinajstić information content (AvgIpc) is 3.77. The number of nitrogens with zero attached hydrogens (tertiary/aromatic N) is 8. The van der Waals surface area contributed by atoms with Crippen molar-refractivity contribution in [1.29, 1.82) is 0 Å². The summed E-state index contributed by atoms with van der Waals surface area (Å²) < 4.78 is 13.5. The highest BCUT2D eigenvalue weighted by Gasteiger charge is 2.47. The van der Waals surface area contributed by atoms with Gasteiger partial charge >= 0.3 is 0 Å². The van der Waals surface area contributed by atoms with Gasteiger partial charge in [-0.05, 0) is 80.9 Å². The third-order valence-corrected chi connectivity index (χ3v) is 9.95. The first-order chi connectivity index (χ1) is 24.2. The second-order valence-corrected chi connectivity index (χ2v) is 13.0. The maximum Gasteiger partial charge on any atom is 0.237 e. The first kappa shape index (κ1) is 33.0. The fourth-order valence-corrected chi connectivity index (χ4v) is 7.02. The topological polar surface area (TPSA) is 136 Å². The Hall–Kier alpha value is -5.56. The van der Waals surface area contributed by atoms with Crippen LogP contribution in [0.4, 0.5) is 15.9 Å². The summed E-state index contributed by atoms with van der Waals surface area (Å²) in [6.07, 6.45) is 5.75. The summed E-state index contributed by atoms with van der Waals surface area (Å²) in [4.78, 5) is 51.6. The number of aliphatic imine (C=N–C) groups is 1. The predicted octanol–water partition coefficient (Wildman–Crippen LogP) is 4.68. The number of carbonyl (C=O) groups excluding carboxylic acids is 2. The number of likely N-dealkylation sites (tertiary alicyclic amines) is 1. The zero-order valence-electron chi connectivity index (χ0n) is 28.3. The van der Waals surface area contributed by atoms with E-state index in [4.69, 9.17) is 0 Å². The number of halogens is 1. The normalized spacial score (nSPS) is 20.0. The summed E-state index contributed by atoms with van der Waals surface area (Å²) in [6.45, 7) is 7.06. The fourth-order valence-electron chi connectivity index (χ4n) is 7.02. The van der Waals surface area contributed by atoms with Gasteiger partial charge in [0.2, 0.25) is 11.8 Å². The van der Waals surface area contributed by atoms with Crippen LogP contribution in [0.15, 0.2) is 84.2 Å². The first-order valence-electron chi connectivity index (χ1n) is 16.7. The van der Waals surface area contributed by atoms with Crippen molar-refractivity contribution in [1.82, 2.24) is 34.9 Å². The molecule has 2 N–H and O–H groups in total. The summed E-state index contributed by atoms with van der Waals surface area (Å²) in [5.74, 6) is 1.04. The number of H-pyrrole nitrogens is 1. The van der Waals surface area contributed by atoms with E-state index in [-0.39, 0.29) is 30.2 Å². The smallest absolute Gasteiger partial charge is 0.237 e. The third-order valence-electron chi connectivity index (χ3n) is 9.95. The van der Waals surface area contributed by atoms with E-state index < -0.39 is 5.41 Å². The number of rotatable bonds is 8. The lowest BCUT2D eigenvalue weighted by atomic mass is 9.81. The van der Waals surface area contributed by atoms with E-state index in [1.165, 1.54) is 12.1 Å². The highest BCUT2D eigenvalue weighted by Crippen LogP contribution is 2.35. The van der Waals surface area contributed by atoms with Gasteiger partial charge in [0.05, 0.1) is 17.8 Å². The van der Waals surface area contributed by atoms with Gasteiger partial charge in [0.25, 0.3) is 0 Å². The molecule has 0 bridgehead atoms. The Morgan fingerprint density at radius 1 is 1.02 bits per heavy atom. The summed E-state index contributed by atoms with van der Waals surface area (Å²) in [7, 11) is 1.70. The summed E-state index contributed by atoms with van der Waals surface area (Å²) in [5.41, 5.74) is 3.55. The van der Waals surface area contributed by atoms with Crippen LogP contribution >= 0.6 is 0 Å². The number of hydrogen-bond acceptors (Lipinski definition) is 9. The minimum atomic E-state index is -0.882. The number of nitrogens with one attached hydrogen (secondary N) is 2. The average molecular weight is 675 g/mol. The Labute approximate surface area is 289 Å². The molecule has 50 heavy (non-hydrogen) atoms. The summed E-state index contributed by atoms with van der Waals surface area (Å²) >= 11 is 0. The van der Waals surface area contributed by atoms with Crippen molar-refractivity contribution in [2.75, 3.05) is 56.5 Å². The molecule has 2 aliphatic heterocycles. The Morgan fingerprint density at radius 2 is 1.80 bits per heavy atom. The van der Waals surface area contributed by atoms with Crippen LogP contribution in [0.5, 0.6) is 0 Å². The molecular weight excluding hydrogens is 635 g/mol. The Balaban J connectivity index is 0.993. The van der Waals surface area contributed by atoms with E-state index in [1.807, 2.05) is 42.2 Å². The van der Waals surface area contributed by atoms with E-state index >= 15 is 0 Å². The molecule has 2 aliphatic rings. The molecule has 0 saturated carbocycles. The molecule has 7 rings (SSSR count). The zero-order valence-corrected chi connectivity index (χ0v) is 28.3. The highest BCUT2D eigenvalue weighted by atomic mass is 19.1. The lowest BCUT2D eigenvalue weighted by Gasteiger charge is -2.41. The number of amides is 2. The molecule has 5 heterocycles. The van der Waals surface area contributed by atoms with E-state index in [9.17, 15) is 14.0 Å². The zero-order chi connectivity index (χ0) is 34.8. The quantitative estimate of drug-likeness (QED) is 0.227. The lowest BCUT2D eigenvalue weighted by Crippen LogP contribution is -2.56. The Morgan fingerprint density at radius 3 is 2.52 bits per heavy atom. The van der Waals surface area contributed by atoms with Crippen LogP contribution in [-0.4, -0.2) is 105 Å². The monoisotopic (exact) mass is 674 g/mol. The molecule has 2 atom stereocenters. The van der Waals surface area contributed by atoms with Crippen molar-refractivity contribution in [3.05, 3.63) is 85.1 Å². The maximum absolute atomic E-state index is 14.1. The lowest BCUT2D eigenvalue weighted by molar-refractivity contribution is -0.135. The second kappa shape index (κ2) is 13.7. The van der Waals surface area contributed by atoms with Gasteiger partial charge in [-0.25, -0.2) is 19.3 Å². The largest absolute Gasteiger partial charge is 0.353 e. The number of carbonyl (C=O) groups is 2. The number of aromatic nitrogens is 5. The maximum atomic E-state index is 14.1. The minimum absolute atomic E-state index is 0.0116. The molecule has 2 fully saturated rings. The van der Waals surface area contributed by atoms with Crippen LogP contribution in [0.25, 0.3) is 33.5 Å². The highest BCUT2D eigenvalue weighted by molar-refractivity contribution is 6.13. The number of fused-ring (bicyclic) bond motifs is 1. The molecule has 0 radical (unpaired) electrons. The molecule has 12 nitrogen and oxygen atoms in total. The van der Waals surface area contributed by atoms with Crippen molar-refractivity contribution in [2.45, 2.75) is 26.3 Å². The Kier molecular flexibility index (Phi) is 9.06. The molecule has 2 aromatic carbocycles. The predicted molar refractivity (Wildman–Crippen MR) is 191 cm³/mol. The van der Waals surface area contributed by atoms with Crippen LogP contribution in [0, 0.1) is 11.2 Å². The van der Waals surface area contributed by atoms with Crippen LogP contribution in [0.1, 0.15) is 20.3 Å². The molecule has 5 aromatic rings. The van der Waals surface area contributed by atoms with Gasteiger partial charge in [0.1, 0.15) is 17.1 Å². The number of pyridine rings is 1. The van der Waals surface area contributed by atoms with Gasteiger partial charge in [0.15, 0.2) is 5.82 Å². The van der Waals surface area contributed by atoms with E-state index in [0.717, 1.165) is 33.6 Å². The van der Waals surface area contributed by atoms with Gasteiger partial charge in [0, 0.05) is 92.3 Å². The second-order valence-electron chi connectivity index (χ2n) is 13.0. The summed E-state index contributed by atoms with van der Waals surface area (Å²) in [5, 5.41) is 11.4. The van der Waals surface area contributed by atoms with Gasteiger partial charge in [-0.2, -0.15) is 5.10 Å². The number of aromatic amines is 1. The molecular formula is C37H39FN10O2. The van der Waals surface area contributed by atoms with Crippen molar-refractivity contribution >= 4 is 39.9 Å². The van der Waals surface area contributed by atoms with Crippen LogP contribution in [0.2, 0.25) is 0 Å². The third kappa shape index (κ3) is 6.43. The number of benzene rings is 2. The van der Waals surface area contributed by atoms with Gasteiger partial charge < -0.3 is 15.1 Å². The van der Waals surface area contributed by atoms with Gasteiger partial charge in [-0.3, -0.25) is 24.6 Å². The van der Waals surface area contributed by atoms with E-state index in [0.29, 0.717) is 56.4 Å². The van der Waals surface area contributed by atoms with Crippen LogP contribution < -0.4 is 10.2 Å². The van der Waals surface area contributed by atoms with Gasteiger partial charge in [-0.15, -0.1) is 0 Å². The standard InChI is InChI=1S/C37H39FN10O2/c1-24-21-47(32-12-7-27(20-42-32)35-40-14-4-15-41-35)17-18-48(24)33(49)22-46-16-13-37(23-46,25(2)39-3)36(50)43-29-10-11-31-30(19-29)34(45-44-31)26-5-8-28(38)9-6-26/h4-12,14-15,19-20,24H,13,16-18,21-23H2,1-3H3,(H,43,50)(H,44,45)/t24-,37?/m1/s1. The SMILES string of the molecule is CN=C(C)C1(C(=O)Nc2ccc3[nH]nc(-c4ccc(F)cc4)c3c2)CCN(CC(=O)N2CCN(c3ccc(-c4ncccn4)cn3)C[C@H]2C)C1. The van der Waals surface area contributed by atoms with Crippen molar-refractivity contribution in [2.24, 2.45) is 10.4 Å². The van der Waals surface area contributed by atoms with E-state index in [2.05, 4.69) is 52.2 Å². The van der Waals surface area contributed by atoms with Crippen molar-refractivity contribution in [3.63, 3.8) is 0 Å². The van der Waals surface area contributed by atoms with Crippen molar-refractivity contribution in [3.8, 4) is 22.6 Å². The molecule has 0 spiro atoms. The molecule has 2 amide bonds. The molecule has 256 valence electrons. The molecule has 1 unspecified atom stereocenters. The van der Waals surface area contributed by atoms with Gasteiger partial charge in [-0.1, -0.05) is 0 Å². The molecule has 0 aliphatic carbocycles. The number of anilines is 2. The first-order valence-corrected chi connectivity index (χ1v) is 16.7. The fraction of sp³-hybridized carbons (Fsp3) is 0.324. The molecule has 3 aromatic heterocycles. The molecule has 2 saturated heterocycles. The number of piperazine rings is 1. The van der Waals surface area contributed by atoms with Crippen LogP contribution in [-0.2, 0) is 9.59 Å².